The molecule has 1 aromatic heterocycles. The van der Waals surface area contributed by atoms with Gasteiger partial charge < -0.3 is 5.32 Å². The fraction of sp³-hybridized carbons (Fsp3) is 0.333. The minimum atomic E-state index is 0.976. The summed E-state index contributed by atoms with van der Waals surface area (Å²) in [7, 11) is 0. The summed E-state index contributed by atoms with van der Waals surface area (Å²) in [6.45, 7) is 4.26. The molecule has 0 aliphatic rings. The Balaban J connectivity index is 1.80. The predicted molar refractivity (Wildman–Crippen MR) is 82.3 cm³/mol. The Hall–Kier alpha value is -0.770. The predicted octanol–water partition coefficient (Wildman–Crippen LogP) is 4.54. The highest BCUT2D eigenvalue weighted by Crippen LogP contribution is 2.24. The molecule has 0 bridgehead atoms. The molecular weight excluding hydrogens is 258 g/mol. The largest absolute Gasteiger partial charge is 0.313 e. The van der Waals surface area contributed by atoms with Gasteiger partial charge in [0.1, 0.15) is 0 Å². The Labute approximate surface area is 118 Å². The van der Waals surface area contributed by atoms with Gasteiger partial charge in [0.2, 0.25) is 0 Å². The number of nitrogens with one attached hydrogen (secondary N) is 1. The number of hydrogen-bond donors (Lipinski definition) is 1. The minimum absolute atomic E-state index is 0.976. The summed E-state index contributed by atoms with van der Waals surface area (Å²) in [6.07, 6.45) is 1.19. The van der Waals surface area contributed by atoms with Crippen LogP contribution in [0.2, 0.25) is 0 Å². The molecule has 0 aliphatic carbocycles. The van der Waals surface area contributed by atoms with Crippen LogP contribution in [0.4, 0.5) is 0 Å². The number of thiophene rings is 1. The lowest BCUT2D eigenvalue weighted by atomic mass is 10.2. The Morgan fingerprint density at radius 1 is 1.11 bits per heavy atom. The Morgan fingerprint density at radius 2 is 1.94 bits per heavy atom. The number of hydrogen-bond acceptors (Lipinski definition) is 3. The van der Waals surface area contributed by atoms with Gasteiger partial charge in [0.05, 0.1) is 0 Å². The molecule has 0 saturated carbocycles. The number of thioether (sulfide) groups is 1. The van der Waals surface area contributed by atoms with Gasteiger partial charge in [-0.25, -0.2) is 0 Å². The molecule has 0 fully saturated rings. The van der Waals surface area contributed by atoms with Crippen molar-refractivity contribution in [3.63, 3.8) is 0 Å². The standard InChI is InChI=1S/C15H19NS2/c1-2-8-16-10-13-3-5-15(6-4-13)18-12-14-7-9-17-11-14/h3-7,9,11,16H,2,8,10,12H2,1H3. The molecule has 0 atom stereocenters. The summed E-state index contributed by atoms with van der Waals surface area (Å²) in [5.41, 5.74) is 2.78. The van der Waals surface area contributed by atoms with E-state index in [0.29, 0.717) is 0 Å². The maximum absolute atomic E-state index is 3.42. The molecule has 96 valence electrons. The molecule has 1 aromatic carbocycles. The highest BCUT2D eigenvalue weighted by atomic mass is 32.2. The normalized spacial score (nSPS) is 10.7. The van der Waals surface area contributed by atoms with Gasteiger partial charge in [0.15, 0.2) is 0 Å². The molecule has 0 unspecified atom stereocenters. The van der Waals surface area contributed by atoms with E-state index in [2.05, 4.69) is 53.3 Å². The summed E-state index contributed by atoms with van der Waals surface area (Å²) >= 11 is 3.67. The van der Waals surface area contributed by atoms with Crippen LogP contribution in [0.15, 0.2) is 46.0 Å². The Morgan fingerprint density at radius 3 is 2.61 bits per heavy atom. The van der Waals surface area contributed by atoms with Crippen LogP contribution in [0, 0.1) is 0 Å². The molecule has 1 heterocycles. The van der Waals surface area contributed by atoms with Crippen LogP contribution >= 0.6 is 23.1 Å². The fourth-order valence-electron chi connectivity index (χ4n) is 1.65. The lowest BCUT2D eigenvalue weighted by Crippen LogP contribution is -2.13. The summed E-state index contributed by atoms with van der Waals surface area (Å²) in [6, 6.07) is 11.1. The summed E-state index contributed by atoms with van der Waals surface area (Å²) in [5, 5.41) is 7.78. The maximum atomic E-state index is 3.42. The summed E-state index contributed by atoms with van der Waals surface area (Å²) in [4.78, 5) is 1.35. The molecule has 1 N–H and O–H groups in total. The second-order valence-corrected chi connectivity index (χ2v) is 6.07. The molecule has 2 rings (SSSR count). The van der Waals surface area contributed by atoms with E-state index in [1.165, 1.54) is 22.4 Å². The van der Waals surface area contributed by atoms with E-state index < -0.39 is 0 Å². The van der Waals surface area contributed by atoms with Crippen molar-refractivity contribution in [2.24, 2.45) is 0 Å². The second-order valence-electron chi connectivity index (χ2n) is 4.24. The Bertz CT molecular complexity index is 434. The smallest absolute Gasteiger partial charge is 0.0240 e. The van der Waals surface area contributed by atoms with E-state index in [1.807, 2.05) is 11.8 Å². The van der Waals surface area contributed by atoms with Gasteiger partial charge in [-0.2, -0.15) is 11.3 Å². The van der Waals surface area contributed by atoms with Crippen LogP contribution in [0.25, 0.3) is 0 Å². The van der Waals surface area contributed by atoms with Crippen LogP contribution in [-0.2, 0) is 12.3 Å². The van der Waals surface area contributed by atoms with E-state index in [0.717, 1.165) is 18.8 Å². The van der Waals surface area contributed by atoms with E-state index in [1.54, 1.807) is 11.3 Å². The third-order valence-corrected chi connectivity index (χ3v) is 4.48. The zero-order valence-corrected chi connectivity index (χ0v) is 12.3. The number of rotatable bonds is 7. The molecule has 0 radical (unpaired) electrons. The van der Waals surface area contributed by atoms with Crippen molar-refractivity contribution in [2.45, 2.75) is 30.5 Å². The van der Waals surface area contributed by atoms with Gasteiger partial charge >= 0.3 is 0 Å². The molecule has 0 saturated heterocycles. The van der Waals surface area contributed by atoms with Gasteiger partial charge in [-0.05, 0) is 53.1 Å². The van der Waals surface area contributed by atoms with E-state index in [-0.39, 0.29) is 0 Å². The van der Waals surface area contributed by atoms with E-state index in [4.69, 9.17) is 0 Å². The molecule has 0 aliphatic heterocycles. The first-order valence-corrected chi connectivity index (χ1v) is 8.25. The van der Waals surface area contributed by atoms with Gasteiger partial charge in [0.25, 0.3) is 0 Å². The van der Waals surface area contributed by atoms with Crippen molar-refractivity contribution in [1.82, 2.24) is 5.32 Å². The van der Waals surface area contributed by atoms with Crippen molar-refractivity contribution < 1.29 is 0 Å². The molecule has 0 spiro atoms. The monoisotopic (exact) mass is 277 g/mol. The third kappa shape index (κ3) is 4.48. The van der Waals surface area contributed by atoms with Crippen LogP contribution in [-0.4, -0.2) is 6.54 Å². The lowest BCUT2D eigenvalue weighted by molar-refractivity contribution is 0.675. The highest BCUT2D eigenvalue weighted by Gasteiger charge is 1.97. The van der Waals surface area contributed by atoms with Gasteiger partial charge in [0, 0.05) is 17.2 Å². The average Bonchev–Trinajstić information content (AvgIpc) is 2.91. The summed E-state index contributed by atoms with van der Waals surface area (Å²) in [5.74, 6) is 1.07. The molecular formula is C15H19NS2. The first-order chi connectivity index (χ1) is 8.88. The van der Waals surface area contributed by atoms with Crippen LogP contribution in [0.3, 0.4) is 0 Å². The van der Waals surface area contributed by atoms with Crippen molar-refractivity contribution in [2.75, 3.05) is 6.54 Å². The molecule has 2 aromatic rings. The molecule has 3 heteroatoms. The lowest BCUT2D eigenvalue weighted by Gasteiger charge is -2.05. The van der Waals surface area contributed by atoms with Crippen LogP contribution in [0.5, 0.6) is 0 Å². The second kappa shape index (κ2) is 7.62. The quantitative estimate of drug-likeness (QED) is 0.589. The molecule has 18 heavy (non-hydrogen) atoms. The van der Waals surface area contributed by atoms with E-state index >= 15 is 0 Å². The number of benzene rings is 1. The van der Waals surface area contributed by atoms with Crippen molar-refractivity contribution in [1.29, 1.82) is 0 Å². The average molecular weight is 277 g/mol. The minimum Gasteiger partial charge on any atom is -0.313 e. The van der Waals surface area contributed by atoms with E-state index in [9.17, 15) is 0 Å². The van der Waals surface area contributed by atoms with Crippen molar-refractivity contribution in [3.8, 4) is 0 Å². The first-order valence-electron chi connectivity index (χ1n) is 6.32. The first kappa shape index (κ1) is 13.7. The Kier molecular flexibility index (Phi) is 5.78. The van der Waals surface area contributed by atoms with Crippen LogP contribution < -0.4 is 5.32 Å². The third-order valence-electron chi connectivity index (χ3n) is 2.66. The molecule has 1 nitrogen and oxygen atoms in total. The van der Waals surface area contributed by atoms with Crippen LogP contribution in [0.1, 0.15) is 24.5 Å². The van der Waals surface area contributed by atoms with Crippen molar-refractivity contribution in [3.05, 3.63) is 52.2 Å². The van der Waals surface area contributed by atoms with Crippen molar-refractivity contribution >= 4 is 23.1 Å². The topological polar surface area (TPSA) is 12.0 Å². The van der Waals surface area contributed by atoms with Gasteiger partial charge in [-0.3, -0.25) is 0 Å². The van der Waals surface area contributed by atoms with Gasteiger partial charge in [-0.1, -0.05) is 19.1 Å². The zero-order chi connectivity index (χ0) is 12.6. The van der Waals surface area contributed by atoms with Gasteiger partial charge in [-0.15, -0.1) is 11.8 Å². The zero-order valence-electron chi connectivity index (χ0n) is 10.7. The fourth-order valence-corrected chi connectivity index (χ4v) is 3.27. The SMILES string of the molecule is CCCNCc1ccc(SCc2ccsc2)cc1. The molecule has 0 amide bonds. The highest BCUT2D eigenvalue weighted by molar-refractivity contribution is 7.98. The maximum Gasteiger partial charge on any atom is 0.0240 e. The summed E-state index contributed by atoms with van der Waals surface area (Å²) < 4.78 is 0.